The molecule has 2 aliphatic carbocycles. The van der Waals surface area contributed by atoms with Crippen LogP contribution in [-0.4, -0.2) is 24.9 Å². The van der Waals surface area contributed by atoms with Crippen LogP contribution in [0.4, 0.5) is 43.9 Å². The molecule has 0 aliphatic heterocycles. The molecule has 0 amide bonds. The topological polar surface area (TPSA) is 27.7 Å². The molecular formula is C31H34F10O3. The molecule has 0 saturated heterocycles. The van der Waals surface area contributed by atoms with Gasteiger partial charge in [0, 0.05) is 12.1 Å². The van der Waals surface area contributed by atoms with E-state index in [0.717, 1.165) is 18.4 Å². The maximum absolute atomic E-state index is 15.0. The van der Waals surface area contributed by atoms with Crippen LogP contribution in [0.25, 0.3) is 0 Å². The van der Waals surface area contributed by atoms with E-state index in [1.807, 2.05) is 6.92 Å². The minimum Gasteiger partial charge on any atom is -0.490 e. The normalized spacial score (nSPS) is 23.4. The van der Waals surface area contributed by atoms with Crippen molar-refractivity contribution >= 4 is 0 Å². The molecule has 2 saturated carbocycles. The van der Waals surface area contributed by atoms with Gasteiger partial charge in [0.2, 0.25) is 0 Å². The minimum absolute atomic E-state index is 0.0267. The predicted molar refractivity (Wildman–Crippen MR) is 140 cm³/mol. The Kier molecular flexibility index (Phi) is 10.7. The van der Waals surface area contributed by atoms with E-state index in [4.69, 9.17) is 9.47 Å². The Morgan fingerprint density at radius 2 is 1.27 bits per heavy atom. The summed E-state index contributed by atoms with van der Waals surface area (Å²) in [6, 6.07) is 4.84. The highest BCUT2D eigenvalue weighted by atomic mass is 19.4. The molecule has 3 nitrogen and oxygen atoms in total. The molecule has 0 unspecified atom stereocenters. The first kappa shape index (κ1) is 34.2. The fraction of sp³-hybridized carbons (Fsp3) is 0.613. The van der Waals surface area contributed by atoms with Gasteiger partial charge < -0.3 is 14.2 Å². The molecule has 0 radical (unpaired) electrons. The first-order valence-electron chi connectivity index (χ1n) is 14.7. The van der Waals surface area contributed by atoms with Crippen LogP contribution < -0.4 is 9.47 Å². The van der Waals surface area contributed by atoms with E-state index < -0.39 is 65.1 Å². The molecule has 0 atom stereocenters. The lowest BCUT2D eigenvalue weighted by molar-refractivity contribution is -0.306. The van der Waals surface area contributed by atoms with E-state index in [9.17, 15) is 35.1 Å². The second-order valence-electron chi connectivity index (χ2n) is 11.6. The van der Waals surface area contributed by atoms with Crippen LogP contribution in [0, 0.1) is 35.2 Å². The molecule has 13 heteroatoms. The summed E-state index contributed by atoms with van der Waals surface area (Å²) in [5.74, 6) is -8.34. The number of aryl methyl sites for hydroxylation is 1. The van der Waals surface area contributed by atoms with E-state index in [1.165, 1.54) is 6.07 Å². The average molecular weight is 645 g/mol. The SMILES string of the molecule is CCCc1ccc(OCC2CCC(C(F)(F)OC3CCC(C(F)(F)Oc4cc(F)c(C(F)(F)F)c(F)c4)CC3)CC2)c(F)c1. The molecule has 0 aromatic heterocycles. The van der Waals surface area contributed by atoms with Gasteiger partial charge >= 0.3 is 18.4 Å². The first-order chi connectivity index (χ1) is 20.6. The van der Waals surface area contributed by atoms with Gasteiger partial charge in [0.15, 0.2) is 11.6 Å². The minimum atomic E-state index is -5.37. The summed E-state index contributed by atoms with van der Waals surface area (Å²) in [6.45, 7) is 2.18. The number of hydrogen-bond donors (Lipinski definition) is 0. The maximum atomic E-state index is 15.0. The van der Waals surface area contributed by atoms with E-state index in [2.05, 4.69) is 4.74 Å². The molecular weight excluding hydrogens is 610 g/mol. The van der Waals surface area contributed by atoms with Gasteiger partial charge in [-0.3, -0.25) is 0 Å². The summed E-state index contributed by atoms with van der Waals surface area (Å²) >= 11 is 0. The maximum Gasteiger partial charge on any atom is 0.422 e. The monoisotopic (exact) mass is 644 g/mol. The fourth-order valence-electron chi connectivity index (χ4n) is 5.93. The van der Waals surface area contributed by atoms with Crippen molar-refractivity contribution in [2.75, 3.05) is 6.61 Å². The van der Waals surface area contributed by atoms with Gasteiger partial charge in [-0.25, -0.2) is 13.2 Å². The lowest BCUT2D eigenvalue weighted by atomic mass is 9.81. The van der Waals surface area contributed by atoms with Crippen LogP contribution in [0.1, 0.15) is 75.8 Å². The zero-order valence-electron chi connectivity index (χ0n) is 24.0. The third kappa shape index (κ3) is 8.51. The summed E-state index contributed by atoms with van der Waals surface area (Å²) in [7, 11) is 0. The van der Waals surface area contributed by atoms with Crippen molar-refractivity contribution in [2.45, 2.75) is 95.6 Å². The van der Waals surface area contributed by atoms with Crippen LogP contribution in [0.2, 0.25) is 0 Å². The Balaban J connectivity index is 1.23. The molecule has 0 spiro atoms. The molecule has 246 valence electrons. The zero-order chi connectivity index (χ0) is 32.3. The van der Waals surface area contributed by atoms with Crippen LogP contribution >= 0.6 is 0 Å². The largest absolute Gasteiger partial charge is 0.490 e. The van der Waals surface area contributed by atoms with E-state index >= 15 is 8.78 Å². The highest BCUT2D eigenvalue weighted by molar-refractivity contribution is 5.32. The third-order valence-electron chi connectivity index (χ3n) is 8.36. The number of rotatable bonds is 11. The molecule has 2 aliphatic rings. The van der Waals surface area contributed by atoms with E-state index in [-0.39, 0.29) is 68.9 Å². The number of hydrogen-bond acceptors (Lipinski definition) is 3. The lowest BCUT2D eigenvalue weighted by Crippen LogP contribution is -2.42. The highest BCUT2D eigenvalue weighted by Gasteiger charge is 2.48. The summed E-state index contributed by atoms with van der Waals surface area (Å²) in [6.07, 6.45) is -12.1. The lowest BCUT2D eigenvalue weighted by Gasteiger charge is -2.38. The van der Waals surface area contributed by atoms with Crippen LogP contribution in [-0.2, 0) is 17.3 Å². The van der Waals surface area contributed by atoms with Gasteiger partial charge in [-0.05, 0) is 81.4 Å². The Labute approximate surface area is 248 Å². The van der Waals surface area contributed by atoms with Crippen molar-refractivity contribution < 1.29 is 58.1 Å². The summed E-state index contributed by atoms with van der Waals surface area (Å²) in [5, 5.41) is 0. The van der Waals surface area contributed by atoms with E-state index in [1.54, 1.807) is 12.1 Å². The smallest absolute Gasteiger partial charge is 0.422 e. The predicted octanol–water partition coefficient (Wildman–Crippen LogP) is 10.1. The Morgan fingerprint density at radius 3 is 1.82 bits per heavy atom. The third-order valence-corrected chi connectivity index (χ3v) is 8.36. The first-order valence-corrected chi connectivity index (χ1v) is 14.7. The molecule has 4 rings (SSSR count). The zero-order valence-corrected chi connectivity index (χ0v) is 24.0. The summed E-state index contributed by atoms with van der Waals surface area (Å²) in [5.41, 5.74) is -1.36. The molecule has 0 heterocycles. The summed E-state index contributed by atoms with van der Waals surface area (Å²) in [4.78, 5) is 0. The van der Waals surface area contributed by atoms with Gasteiger partial charge in [-0.2, -0.15) is 30.7 Å². The van der Waals surface area contributed by atoms with Gasteiger partial charge in [-0.15, -0.1) is 0 Å². The van der Waals surface area contributed by atoms with E-state index in [0.29, 0.717) is 12.8 Å². The molecule has 0 bridgehead atoms. The highest BCUT2D eigenvalue weighted by Crippen LogP contribution is 2.45. The molecule has 2 aromatic carbocycles. The van der Waals surface area contributed by atoms with Crippen LogP contribution in [0.3, 0.4) is 0 Å². The standard InChI is InChI=1S/C31H34F10O3/c1-2-3-18-6-13-27(24(32)14-18)42-17-19-4-7-20(8-5-19)30(38,39)43-22-11-9-21(10-12-22)31(40,41)44-23-15-25(33)28(26(34)16-23)29(35,36)37/h6,13-16,19-22H,2-5,7-12,17H2,1H3. The summed E-state index contributed by atoms with van der Waals surface area (Å²) < 4.78 is 155. The Hall–Kier alpha value is -2.70. The van der Waals surface area contributed by atoms with Crippen molar-refractivity contribution in [3.05, 3.63) is 58.9 Å². The number of halogens is 10. The Bertz CT molecular complexity index is 1230. The van der Waals surface area contributed by atoms with Crippen LogP contribution in [0.15, 0.2) is 30.3 Å². The van der Waals surface area contributed by atoms with Gasteiger partial charge in [0.05, 0.1) is 24.5 Å². The van der Waals surface area contributed by atoms with Crippen LogP contribution in [0.5, 0.6) is 11.5 Å². The molecule has 44 heavy (non-hydrogen) atoms. The van der Waals surface area contributed by atoms with Crippen molar-refractivity contribution in [3.8, 4) is 11.5 Å². The van der Waals surface area contributed by atoms with Gasteiger partial charge in [-0.1, -0.05) is 19.4 Å². The number of benzene rings is 2. The molecule has 0 N–H and O–H groups in total. The molecule has 2 fully saturated rings. The number of ether oxygens (including phenoxy) is 3. The Morgan fingerprint density at radius 1 is 0.705 bits per heavy atom. The van der Waals surface area contributed by atoms with Crippen molar-refractivity contribution in [1.29, 1.82) is 0 Å². The molecule has 2 aromatic rings. The van der Waals surface area contributed by atoms with Crippen molar-refractivity contribution in [1.82, 2.24) is 0 Å². The second kappa shape index (κ2) is 13.7. The quantitative estimate of drug-likeness (QED) is 0.228. The van der Waals surface area contributed by atoms with Crippen molar-refractivity contribution in [3.63, 3.8) is 0 Å². The second-order valence-corrected chi connectivity index (χ2v) is 11.6. The van der Waals surface area contributed by atoms with Gasteiger partial charge in [0.25, 0.3) is 0 Å². The van der Waals surface area contributed by atoms with Gasteiger partial charge in [0.1, 0.15) is 22.9 Å². The fourth-order valence-corrected chi connectivity index (χ4v) is 5.93. The average Bonchev–Trinajstić information content (AvgIpc) is 2.92. The van der Waals surface area contributed by atoms with Crippen molar-refractivity contribution in [2.24, 2.45) is 17.8 Å². The number of alkyl halides is 7.